The van der Waals surface area contributed by atoms with E-state index in [0.717, 1.165) is 24.0 Å². The van der Waals surface area contributed by atoms with Gasteiger partial charge in [-0.25, -0.2) is 0 Å². The molecule has 0 spiro atoms. The van der Waals surface area contributed by atoms with Crippen LogP contribution in [0.4, 0.5) is 0 Å². The normalized spacial score (nSPS) is 14.5. The predicted octanol–water partition coefficient (Wildman–Crippen LogP) is 5.54. The summed E-state index contributed by atoms with van der Waals surface area (Å²) in [7, 11) is -8.05. The first-order chi connectivity index (χ1) is 18.7. The Morgan fingerprint density at radius 1 is 0.615 bits per heavy atom. The van der Waals surface area contributed by atoms with Crippen molar-refractivity contribution in [2.24, 2.45) is 0 Å². The Labute approximate surface area is 232 Å². The third-order valence-electron chi connectivity index (χ3n) is 5.97. The van der Waals surface area contributed by atoms with E-state index >= 15 is 0 Å². The van der Waals surface area contributed by atoms with Crippen molar-refractivity contribution < 1.29 is 42.2 Å². The Bertz CT molecular complexity index is 1020. The van der Waals surface area contributed by atoms with E-state index in [2.05, 4.69) is 0 Å². The second-order valence-electron chi connectivity index (χ2n) is 9.03. The van der Waals surface area contributed by atoms with Gasteiger partial charge in [0.2, 0.25) is 0 Å². The molecule has 2 atom stereocenters. The topological polar surface area (TPSA) is 121 Å². The molecule has 2 aromatic carbocycles. The molecule has 0 saturated carbocycles. The van der Waals surface area contributed by atoms with E-state index in [1.165, 1.54) is 0 Å². The zero-order chi connectivity index (χ0) is 28.7. The molecule has 2 aromatic rings. The highest BCUT2D eigenvalue weighted by Crippen LogP contribution is 2.45. The van der Waals surface area contributed by atoms with Crippen molar-refractivity contribution in [3.63, 3.8) is 0 Å². The van der Waals surface area contributed by atoms with Crippen molar-refractivity contribution in [2.45, 2.75) is 66.2 Å². The first kappa shape index (κ1) is 33.5. The van der Waals surface area contributed by atoms with Crippen molar-refractivity contribution in [1.82, 2.24) is 0 Å². The Hall–Kier alpha value is -1.70. The van der Waals surface area contributed by atoms with Gasteiger partial charge in [-0.1, -0.05) is 52.7 Å². The molecular formula is C28H44O9P2. The van der Waals surface area contributed by atoms with E-state index in [4.69, 9.17) is 23.3 Å². The summed E-state index contributed by atoms with van der Waals surface area (Å²) >= 11 is 0. The van der Waals surface area contributed by atoms with Crippen LogP contribution < -0.4 is 20.1 Å². The van der Waals surface area contributed by atoms with Crippen LogP contribution in [0.2, 0.25) is 0 Å². The van der Waals surface area contributed by atoms with Gasteiger partial charge >= 0.3 is 15.2 Å². The van der Waals surface area contributed by atoms with Crippen molar-refractivity contribution in [2.75, 3.05) is 39.6 Å². The lowest BCUT2D eigenvalue weighted by molar-refractivity contribution is 0.0768. The molecule has 220 valence electrons. The van der Waals surface area contributed by atoms with Gasteiger partial charge in [0.15, 0.2) is 0 Å². The summed E-state index contributed by atoms with van der Waals surface area (Å²) in [5.74, 6) is 0.577. The van der Waals surface area contributed by atoms with Gasteiger partial charge in [0, 0.05) is 0 Å². The molecule has 2 N–H and O–H groups in total. The van der Waals surface area contributed by atoms with Crippen LogP contribution in [0, 0.1) is 0 Å². The molecule has 0 fully saturated rings. The molecule has 0 amide bonds. The number of hydrogen-bond acceptors (Lipinski definition) is 7. The minimum atomic E-state index is -4.03. The van der Waals surface area contributed by atoms with Crippen LogP contribution in [0.1, 0.15) is 64.5 Å². The van der Waals surface area contributed by atoms with E-state index in [0.29, 0.717) is 25.7 Å². The van der Waals surface area contributed by atoms with Gasteiger partial charge in [-0.3, -0.25) is 9.13 Å². The van der Waals surface area contributed by atoms with E-state index in [-0.39, 0.29) is 61.7 Å². The molecule has 11 heteroatoms. The van der Waals surface area contributed by atoms with Gasteiger partial charge in [0.05, 0.1) is 26.4 Å². The van der Waals surface area contributed by atoms with Crippen LogP contribution in [0.25, 0.3) is 0 Å². The second-order valence-corrected chi connectivity index (χ2v) is 12.6. The Morgan fingerprint density at radius 3 is 1.38 bits per heavy atom. The molecule has 0 heterocycles. The highest BCUT2D eigenvalue weighted by atomic mass is 31.2. The lowest BCUT2D eigenvalue weighted by Gasteiger charge is -2.18. The van der Waals surface area contributed by atoms with Crippen molar-refractivity contribution in [3.8, 4) is 11.5 Å². The number of aryl methyl sites for hydroxylation is 2. The molecule has 9 nitrogen and oxygen atoms in total. The Morgan fingerprint density at radius 2 is 1.03 bits per heavy atom. The van der Waals surface area contributed by atoms with Gasteiger partial charge in [0.1, 0.15) is 35.3 Å². The van der Waals surface area contributed by atoms with Crippen molar-refractivity contribution in [3.05, 3.63) is 47.5 Å². The maximum Gasteiger partial charge on any atom is 0.362 e. The zero-order valence-electron chi connectivity index (χ0n) is 23.6. The van der Waals surface area contributed by atoms with E-state index in [1.54, 1.807) is 24.3 Å². The van der Waals surface area contributed by atoms with Gasteiger partial charge in [-0.05, 0) is 61.1 Å². The monoisotopic (exact) mass is 586 g/mol. The standard InChI is InChI=1S/C28H44O9P2/c1-5-9-15-36-38(29,30)27-21-23(7-3)11-13-25(27)34-19-17-33-18-20-35-26-14-12-24(8-4)22-28(26)39(31,32)37-16-10-6-2/h11-14,21-22H,5-10,15-20H2,1-4H3,(H,29,30)(H,31,32). The number of ether oxygens (including phenoxy) is 3. The molecule has 0 aromatic heterocycles. The fraction of sp³-hybridized carbons (Fsp3) is 0.571. The third kappa shape index (κ3) is 11.0. The first-order valence-electron chi connectivity index (χ1n) is 13.7. The number of unbranched alkanes of at least 4 members (excludes halogenated alkanes) is 2. The number of rotatable bonds is 20. The highest BCUT2D eigenvalue weighted by molar-refractivity contribution is 7.61. The third-order valence-corrected chi connectivity index (χ3v) is 8.95. The summed E-state index contributed by atoms with van der Waals surface area (Å²) in [4.78, 5) is 21.1. The van der Waals surface area contributed by atoms with Crippen LogP contribution in [0.15, 0.2) is 36.4 Å². The van der Waals surface area contributed by atoms with E-state index < -0.39 is 15.2 Å². The van der Waals surface area contributed by atoms with Crippen molar-refractivity contribution >= 4 is 25.8 Å². The minimum Gasteiger partial charge on any atom is -0.490 e. The lowest BCUT2D eigenvalue weighted by atomic mass is 10.2. The van der Waals surface area contributed by atoms with Crippen LogP contribution in [0.3, 0.4) is 0 Å². The molecule has 2 unspecified atom stereocenters. The summed E-state index contributed by atoms with van der Waals surface area (Å²) in [5, 5.41) is 0.304. The summed E-state index contributed by atoms with van der Waals surface area (Å²) < 4.78 is 53.5. The molecule has 0 aliphatic heterocycles. The van der Waals surface area contributed by atoms with Crippen LogP contribution in [-0.2, 0) is 35.8 Å². The zero-order valence-corrected chi connectivity index (χ0v) is 25.4. The van der Waals surface area contributed by atoms with Crippen LogP contribution in [0.5, 0.6) is 11.5 Å². The molecule has 39 heavy (non-hydrogen) atoms. The fourth-order valence-corrected chi connectivity index (χ4v) is 6.10. The maximum absolute atomic E-state index is 12.9. The number of hydrogen-bond donors (Lipinski definition) is 2. The quantitative estimate of drug-likeness (QED) is 0.152. The average Bonchev–Trinajstić information content (AvgIpc) is 2.92. The molecule has 0 saturated heterocycles. The summed E-state index contributed by atoms with van der Waals surface area (Å²) in [6, 6.07) is 10.4. The van der Waals surface area contributed by atoms with Crippen LogP contribution >= 0.6 is 15.2 Å². The van der Waals surface area contributed by atoms with Crippen LogP contribution in [-0.4, -0.2) is 49.4 Å². The van der Waals surface area contributed by atoms with Gasteiger partial charge in [-0.2, -0.15) is 0 Å². The summed E-state index contributed by atoms with van der Waals surface area (Å²) in [5.41, 5.74) is 1.82. The average molecular weight is 587 g/mol. The molecule has 0 aliphatic rings. The first-order valence-corrected chi connectivity index (χ1v) is 16.9. The molecular weight excluding hydrogens is 542 g/mol. The molecule has 2 rings (SSSR count). The number of benzene rings is 2. The van der Waals surface area contributed by atoms with Gasteiger partial charge in [-0.15, -0.1) is 0 Å². The Balaban J connectivity index is 1.91. The molecule has 0 aliphatic carbocycles. The summed E-state index contributed by atoms with van der Waals surface area (Å²) in [6.45, 7) is 9.03. The SMILES string of the molecule is CCCCOP(=O)(O)c1cc(CC)ccc1OCCOCCOc1ccc(CC)cc1P(=O)(O)OCCCC. The fourth-order valence-electron chi connectivity index (χ4n) is 3.58. The van der Waals surface area contributed by atoms with Gasteiger partial charge < -0.3 is 33.0 Å². The van der Waals surface area contributed by atoms with Gasteiger partial charge in [0.25, 0.3) is 0 Å². The largest absolute Gasteiger partial charge is 0.490 e. The second kappa shape index (κ2) is 17.2. The van der Waals surface area contributed by atoms with Crippen molar-refractivity contribution in [1.29, 1.82) is 0 Å². The Kier molecular flexibility index (Phi) is 14.8. The smallest absolute Gasteiger partial charge is 0.362 e. The van der Waals surface area contributed by atoms with E-state index in [1.807, 2.05) is 39.8 Å². The molecule has 0 radical (unpaired) electrons. The summed E-state index contributed by atoms with van der Waals surface area (Å²) in [6.07, 6.45) is 4.52. The lowest BCUT2D eigenvalue weighted by Crippen LogP contribution is -2.18. The minimum absolute atomic E-state index is 0.152. The maximum atomic E-state index is 12.9. The molecule has 0 bridgehead atoms. The predicted molar refractivity (Wildman–Crippen MR) is 154 cm³/mol. The highest BCUT2D eigenvalue weighted by Gasteiger charge is 2.28. The van der Waals surface area contributed by atoms with E-state index in [9.17, 15) is 18.9 Å².